The van der Waals surface area contributed by atoms with E-state index in [1.807, 2.05) is 24.8 Å². The number of para-hydroxylation sites is 2. The fourth-order valence-electron chi connectivity index (χ4n) is 2.72. The molecule has 0 unspecified atom stereocenters. The van der Waals surface area contributed by atoms with Gasteiger partial charge < -0.3 is 20.4 Å². The van der Waals surface area contributed by atoms with E-state index in [2.05, 4.69) is 34.2 Å². The van der Waals surface area contributed by atoms with Crippen LogP contribution in [0.4, 0.5) is 0 Å². The van der Waals surface area contributed by atoms with Crippen LogP contribution in [0.1, 0.15) is 11.1 Å². The summed E-state index contributed by atoms with van der Waals surface area (Å²) in [5.41, 5.74) is 3.23. The van der Waals surface area contributed by atoms with Gasteiger partial charge in [-0.25, -0.2) is 19.6 Å². The second-order valence-corrected chi connectivity index (χ2v) is 7.00. The molecule has 4 N–H and O–H groups in total. The topological polar surface area (TPSA) is 149 Å². The van der Waals surface area contributed by atoms with E-state index in [-0.39, 0.29) is 11.5 Å². The van der Waals surface area contributed by atoms with Crippen molar-refractivity contribution in [1.82, 2.24) is 0 Å². The summed E-state index contributed by atoms with van der Waals surface area (Å²) in [7, 11) is 0. The van der Waals surface area contributed by atoms with Gasteiger partial charge in [0.15, 0.2) is 24.8 Å². The molecule has 0 saturated heterocycles. The Labute approximate surface area is 207 Å². The highest BCUT2D eigenvalue weighted by Crippen LogP contribution is 2.15. The molecule has 0 aliphatic rings. The second-order valence-electron chi connectivity index (χ2n) is 7.00. The minimum atomic E-state index is -1.06. The van der Waals surface area contributed by atoms with Crippen LogP contribution < -0.4 is 20.2 Å². The van der Waals surface area contributed by atoms with Crippen LogP contribution in [0.15, 0.2) is 110 Å². The van der Waals surface area contributed by atoms with E-state index in [4.69, 9.17) is 10.2 Å². The number of benzene rings is 2. The van der Waals surface area contributed by atoms with Crippen LogP contribution in [0.5, 0.6) is 11.5 Å². The van der Waals surface area contributed by atoms with Crippen molar-refractivity contribution in [2.75, 3.05) is 0 Å². The summed E-state index contributed by atoms with van der Waals surface area (Å²) in [6.45, 7) is 0. The number of aromatic amines is 2. The Hall–Kier alpha value is -5.24. The number of aromatic nitrogens is 2. The maximum Gasteiger partial charge on any atom is 0.328 e. The number of nitrogens with one attached hydrogen (secondary N) is 2. The normalized spacial score (nSPS) is 10.1. The zero-order valence-corrected chi connectivity index (χ0v) is 19.1. The molecule has 182 valence electrons. The van der Waals surface area contributed by atoms with Crippen molar-refractivity contribution in [3.8, 4) is 22.6 Å². The first kappa shape index (κ1) is 27.0. The lowest BCUT2D eigenvalue weighted by Crippen LogP contribution is -1.99. The highest BCUT2D eigenvalue weighted by Gasteiger charge is 1.97. The molecule has 4 aromatic rings. The first-order valence-electron chi connectivity index (χ1n) is 10.6. The molecule has 0 aliphatic heterocycles. The highest BCUT2D eigenvalue weighted by atomic mass is 16.4. The number of H-pyrrole nitrogens is 2. The molecule has 0 atom stereocenters. The van der Waals surface area contributed by atoms with Crippen LogP contribution in [0.25, 0.3) is 23.3 Å². The summed E-state index contributed by atoms with van der Waals surface area (Å²) < 4.78 is 0. The number of hydrogen-bond acceptors (Lipinski definition) is 4. The molecule has 0 bridgehead atoms. The van der Waals surface area contributed by atoms with E-state index >= 15 is 0 Å². The highest BCUT2D eigenvalue weighted by molar-refractivity contribution is 5.86. The van der Waals surface area contributed by atoms with Crippen LogP contribution in [-0.2, 0) is 9.59 Å². The van der Waals surface area contributed by atoms with Crippen molar-refractivity contribution in [3.05, 3.63) is 121 Å². The molecule has 0 saturated carbocycles. The Kier molecular flexibility index (Phi) is 11.1. The van der Waals surface area contributed by atoms with E-state index in [9.17, 15) is 19.8 Å². The van der Waals surface area contributed by atoms with Crippen molar-refractivity contribution in [3.63, 3.8) is 0 Å². The van der Waals surface area contributed by atoms with Crippen molar-refractivity contribution in [2.45, 2.75) is 0 Å². The van der Waals surface area contributed by atoms with Gasteiger partial charge in [-0.1, -0.05) is 48.5 Å². The third-order valence-electron chi connectivity index (χ3n) is 4.42. The third kappa shape index (κ3) is 10.1. The maximum atomic E-state index is 11.0. The van der Waals surface area contributed by atoms with Gasteiger partial charge in [-0.3, -0.25) is 0 Å². The second kappa shape index (κ2) is 14.8. The number of hydrogen-bond donors (Lipinski definition) is 2. The molecular weight excluding hydrogens is 460 g/mol. The van der Waals surface area contributed by atoms with Crippen LogP contribution in [0, 0.1) is 0 Å². The van der Waals surface area contributed by atoms with Gasteiger partial charge in [0.2, 0.25) is 0 Å². The number of carboxylic acid groups (broad SMARTS) is 2. The maximum absolute atomic E-state index is 11.0. The van der Waals surface area contributed by atoms with Crippen molar-refractivity contribution >= 4 is 24.1 Å². The van der Waals surface area contributed by atoms with Crippen LogP contribution in [-0.4, -0.2) is 22.2 Å². The van der Waals surface area contributed by atoms with E-state index in [1.165, 1.54) is 35.4 Å². The van der Waals surface area contributed by atoms with E-state index in [0.29, 0.717) is 11.1 Å². The van der Waals surface area contributed by atoms with Gasteiger partial charge >= 0.3 is 11.9 Å². The average molecular weight is 485 g/mol. The summed E-state index contributed by atoms with van der Waals surface area (Å²) in [5, 5.41) is 38.5. The van der Waals surface area contributed by atoms with E-state index < -0.39 is 11.9 Å². The zero-order valence-electron chi connectivity index (χ0n) is 19.1. The lowest BCUT2D eigenvalue weighted by molar-refractivity contribution is -0.378. The summed E-state index contributed by atoms with van der Waals surface area (Å²) in [4.78, 5) is 26.2. The predicted octanol–water partition coefficient (Wildman–Crippen LogP) is 2.70. The SMILES string of the molecule is O=C(O)/C=C/c1ccccc1[O-].O=C(O)/C=C/c1ccccc1[O-].c1cc(-c2cc[nH+]cc2)cc[nH+]1. The lowest BCUT2D eigenvalue weighted by Gasteiger charge is -2.07. The molecule has 0 aliphatic carbocycles. The molecule has 2 heterocycles. The molecule has 4 rings (SSSR count). The number of carbonyl (C=O) groups is 2. The summed E-state index contributed by atoms with van der Waals surface area (Å²) in [5.74, 6) is -2.46. The van der Waals surface area contributed by atoms with Gasteiger partial charge in [-0.15, -0.1) is 11.5 Å². The minimum absolute atomic E-state index is 0.171. The Morgan fingerprint density at radius 1 is 0.583 bits per heavy atom. The first-order valence-corrected chi connectivity index (χ1v) is 10.6. The largest absolute Gasteiger partial charge is 0.872 e. The van der Waals surface area contributed by atoms with E-state index in [0.717, 1.165) is 12.2 Å². The predicted molar refractivity (Wildman–Crippen MR) is 130 cm³/mol. The van der Waals surface area contributed by atoms with Gasteiger partial charge in [-0.2, -0.15) is 0 Å². The Morgan fingerprint density at radius 2 is 0.917 bits per heavy atom. The third-order valence-corrected chi connectivity index (χ3v) is 4.42. The fourth-order valence-corrected chi connectivity index (χ4v) is 2.72. The molecule has 0 radical (unpaired) electrons. The van der Waals surface area contributed by atoms with Gasteiger partial charge in [0.1, 0.15) is 0 Å². The lowest BCUT2D eigenvalue weighted by atomic mass is 10.1. The van der Waals surface area contributed by atoms with Gasteiger partial charge in [-0.05, 0) is 34.4 Å². The summed E-state index contributed by atoms with van der Waals surface area (Å²) in [6, 6.07) is 20.7. The van der Waals surface area contributed by atoms with Crippen LogP contribution >= 0.6 is 0 Å². The van der Waals surface area contributed by atoms with Crippen molar-refractivity contribution < 1.29 is 40.0 Å². The zero-order chi connectivity index (χ0) is 26.2. The molecule has 0 spiro atoms. The molecular formula is C28H24N2O6. The first-order chi connectivity index (χ1) is 17.4. The van der Waals surface area contributed by atoms with Crippen LogP contribution in [0.2, 0.25) is 0 Å². The molecule has 8 nitrogen and oxygen atoms in total. The van der Waals surface area contributed by atoms with Gasteiger partial charge in [0, 0.05) is 36.4 Å². The average Bonchev–Trinajstić information content (AvgIpc) is 2.89. The van der Waals surface area contributed by atoms with Crippen molar-refractivity contribution in [1.29, 1.82) is 0 Å². The molecule has 0 fully saturated rings. The standard InChI is InChI=1S/C10H8N2.2C9H8O3/c1-5-11-6-2-9(1)10-3-7-12-8-4-10;2*10-8-4-2-1-3-7(8)5-6-9(11)12/h1-8H;2*1-6,10H,(H,11,12)/b;2*6-5+. The molecule has 0 amide bonds. The number of aliphatic carboxylic acids is 2. The Morgan fingerprint density at radius 3 is 1.22 bits per heavy atom. The fraction of sp³-hybridized carbons (Fsp3) is 0. The number of pyridine rings is 2. The van der Waals surface area contributed by atoms with E-state index in [1.54, 1.807) is 36.4 Å². The molecule has 2 aromatic heterocycles. The van der Waals surface area contributed by atoms with Gasteiger partial charge in [0.05, 0.1) is 0 Å². The smallest absolute Gasteiger partial charge is 0.328 e. The number of rotatable bonds is 5. The quantitative estimate of drug-likeness (QED) is 0.416. The monoisotopic (exact) mass is 484 g/mol. The summed E-state index contributed by atoms with van der Waals surface area (Å²) in [6.07, 6.45) is 12.1. The molecule has 2 aromatic carbocycles. The van der Waals surface area contributed by atoms with Gasteiger partial charge in [0.25, 0.3) is 0 Å². The summed E-state index contributed by atoms with van der Waals surface area (Å²) >= 11 is 0. The minimum Gasteiger partial charge on any atom is -0.872 e. The molecule has 8 heteroatoms. The Balaban J connectivity index is 0.000000190. The molecule has 36 heavy (non-hydrogen) atoms. The van der Waals surface area contributed by atoms with Crippen LogP contribution in [0.3, 0.4) is 0 Å². The van der Waals surface area contributed by atoms with Crippen molar-refractivity contribution in [2.24, 2.45) is 0 Å². The number of carboxylic acids is 2. The Bertz CT molecular complexity index is 1200.